The van der Waals surface area contributed by atoms with Gasteiger partial charge in [0, 0.05) is 13.0 Å². The van der Waals surface area contributed by atoms with Gasteiger partial charge in [-0.2, -0.15) is 13.2 Å². The molecule has 1 atom stereocenters. The molecule has 104 valence electrons. The van der Waals surface area contributed by atoms with Crippen LogP contribution in [0, 0.1) is 0 Å². The van der Waals surface area contributed by atoms with Crippen molar-refractivity contribution in [3.8, 4) is 0 Å². The van der Waals surface area contributed by atoms with Crippen molar-refractivity contribution in [2.45, 2.75) is 18.7 Å². The first-order chi connectivity index (χ1) is 8.86. The normalized spacial score (nSPS) is 19.5. The van der Waals surface area contributed by atoms with Crippen LogP contribution in [0.15, 0.2) is 12.4 Å². The van der Waals surface area contributed by atoms with Gasteiger partial charge in [-0.05, 0) is 0 Å². The standard InChI is InChI=1S/C10H11F3N4O2/c11-10(12,13)7-3-15-4-8(16-7)17-2-1-6(5-17)19-9(14)18/h3-4,6H,1-2,5H2,(H2,14,18)/t6-/m1/s1. The highest BCUT2D eigenvalue weighted by Crippen LogP contribution is 2.29. The predicted molar refractivity (Wildman–Crippen MR) is 58.3 cm³/mol. The summed E-state index contributed by atoms with van der Waals surface area (Å²) in [6.07, 6.45) is -3.48. The summed E-state index contributed by atoms with van der Waals surface area (Å²) in [6, 6.07) is 0. The number of nitrogens with two attached hydrogens (primary N) is 1. The summed E-state index contributed by atoms with van der Waals surface area (Å²) in [6.45, 7) is 0.673. The first kappa shape index (κ1) is 13.4. The molecule has 2 heterocycles. The maximum absolute atomic E-state index is 12.5. The minimum absolute atomic E-state index is 0.102. The van der Waals surface area contributed by atoms with E-state index in [2.05, 4.69) is 9.97 Å². The van der Waals surface area contributed by atoms with Crippen LogP contribution in [0.2, 0.25) is 0 Å². The molecule has 19 heavy (non-hydrogen) atoms. The van der Waals surface area contributed by atoms with Crippen LogP contribution < -0.4 is 10.6 Å². The van der Waals surface area contributed by atoms with Gasteiger partial charge in [-0.3, -0.25) is 4.98 Å². The number of amides is 1. The van der Waals surface area contributed by atoms with Crippen molar-refractivity contribution in [2.24, 2.45) is 5.73 Å². The molecule has 1 aromatic rings. The fourth-order valence-corrected chi connectivity index (χ4v) is 1.84. The minimum atomic E-state index is -4.54. The molecule has 0 unspecified atom stereocenters. The second-order valence-electron chi connectivity index (χ2n) is 4.05. The second kappa shape index (κ2) is 4.90. The molecule has 1 fully saturated rings. The summed E-state index contributed by atoms with van der Waals surface area (Å²) >= 11 is 0. The zero-order valence-corrected chi connectivity index (χ0v) is 9.72. The van der Waals surface area contributed by atoms with Gasteiger partial charge in [-0.1, -0.05) is 0 Å². The number of rotatable bonds is 2. The molecule has 1 aliphatic heterocycles. The maximum atomic E-state index is 12.5. The van der Waals surface area contributed by atoms with Gasteiger partial charge in [0.05, 0.1) is 18.9 Å². The Labute approximate surface area is 106 Å². The summed E-state index contributed by atoms with van der Waals surface area (Å²) in [5, 5.41) is 0. The van der Waals surface area contributed by atoms with E-state index in [1.165, 1.54) is 6.20 Å². The molecule has 1 saturated heterocycles. The Morgan fingerprint density at radius 3 is 2.84 bits per heavy atom. The van der Waals surface area contributed by atoms with Crippen molar-refractivity contribution in [1.82, 2.24) is 9.97 Å². The van der Waals surface area contributed by atoms with E-state index in [0.29, 0.717) is 19.2 Å². The summed E-state index contributed by atoms with van der Waals surface area (Å²) in [5.74, 6) is 0.102. The van der Waals surface area contributed by atoms with Crippen LogP contribution in [0.3, 0.4) is 0 Å². The summed E-state index contributed by atoms with van der Waals surface area (Å²) in [4.78, 5) is 19.2. The molecular weight excluding hydrogens is 265 g/mol. The van der Waals surface area contributed by atoms with Gasteiger partial charge in [0.1, 0.15) is 11.9 Å². The predicted octanol–water partition coefficient (Wildman–Crippen LogP) is 1.17. The lowest BCUT2D eigenvalue weighted by molar-refractivity contribution is -0.141. The Hall–Kier alpha value is -2.06. The number of alkyl halides is 3. The van der Waals surface area contributed by atoms with Crippen molar-refractivity contribution in [1.29, 1.82) is 0 Å². The zero-order valence-electron chi connectivity index (χ0n) is 9.72. The van der Waals surface area contributed by atoms with Crippen LogP contribution in [0.4, 0.5) is 23.8 Å². The van der Waals surface area contributed by atoms with Gasteiger partial charge < -0.3 is 15.4 Å². The average Bonchev–Trinajstić information content (AvgIpc) is 2.76. The molecule has 0 radical (unpaired) electrons. The number of carbonyl (C=O) groups is 1. The third-order valence-corrected chi connectivity index (χ3v) is 2.66. The number of nitrogens with zero attached hydrogens (tertiary/aromatic N) is 3. The second-order valence-corrected chi connectivity index (χ2v) is 4.05. The highest BCUT2D eigenvalue weighted by Gasteiger charge is 2.34. The number of hydrogen-bond donors (Lipinski definition) is 1. The molecule has 2 N–H and O–H groups in total. The molecule has 0 aromatic carbocycles. The molecule has 6 nitrogen and oxygen atoms in total. The quantitative estimate of drug-likeness (QED) is 0.876. The maximum Gasteiger partial charge on any atom is 0.434 e. The van der Waals surface area contributed by atoms with E-state index in [4.69, 9.17) is 10.5 Å². The Balaban J connectivity index is 2.09. The summed E-state index contributed by atoms with van der Waals surface area (Å²) in [5.41, 5.74) is 3.83. The molecule has 1 amide bonds. The highest BCUT2D eigenvalue weighted by molar-refractivity contribution is 5.65. The van der Waals surface area contributed by atoms with Gasteiger partial charge in [0.25, 0.3) is 0 Å². The van der Waals surface area contributed by atoms with Crippen LogP contribution in [-0.2, 0) is 10.9 Å². The van der Waals surface area contributed by atoms with E-state index in [0.717, 1.165) is 0 Å². The smallest absolute Gasteiger partial charge is 0.434 e. The lowest BCUT2D eigenvalue weighted by Crippen LogP contribution is -2.27. The summed E-state index contributed by atoms with van der Waals surface area (Å²) < 4.78 is 42.3. The number of halogens is 3. The van der Waals surface area contributed by atoms with Crippen LogP contribution >= 0.6 is 0 Å². The van der Waals surface area contributed by atoms with E-state index in [1.54, 1.807) is 4.90 Å². The number of carbonyl (C=O) groups excluding carboxylic acids is 1. The number of primary amides is 1. The number of ether oxygens (including phenoxy) is 1. The third-order valence-electron chi connectivity index (χ3n) is 2.66. The summed E-state index contributed by atoms with van der Waals surface area (Å²) in [7, 11) is 0. The topological polar surface area (TPSA) is 81.3 Å². The van der Waals surface area contributed by atoms with Crippen LogP contribution in [0.1, 0.15) is 12.1 Å². The van der Waals surface area contributed by atoms with E-state index >= 15 is 0 Å². The number of anilines is 1. The Morgan fingerprint density at radius 2 is 2.21 bits per heavy atom. The SMILES string of the molecule is NC(=O)O[C@@H]1CCN(c2cncc(C(F)(F)F)n2)C1. The Kier molecular flexibility index (Phi) is 3.45. The molecule has 0 spiro atoms. The molecule has 0 saturated carbocycles. The van der Waals surface area contributed by atoms with Crippen LogP contribution in [-0.4, -0.2) is 35.3 Å². The van der Waals surface area contributed by atoms with Crippen molar-refractivity contribution in [3.63, 3.8) is 0 Å². The van der Waals surface area contributed by atoms with Crippen molar-refractivity contribution >= 4 is 11.9 Å². The van der Waals surface area contributed by atoms with Gasteiger partial charge in [-0.15, -0.1) is 0 Å². The first-order valence-electron chi connectivity index (χ1n) is 5.46. The largest absolute Gasteiger partial charge is 0.444 e. The molecule has 1 aromatic heterocycles. The van der Waals surface area contributed by atoms with E-state index in [-0.39, 0.29) is 12.4 Å². The van der Waals surface area contributed by atoms with Gasteiger partial charge in [-0.25, -0.2) is 9.78 Å². The number of aromatic nitrogens is 2. The molecule has 2 rings (SSSR count). The van der Waals surface area contributed by atoms with E-state index in [1.807, 2.05) is 0 Å². The van der Waals surface area contributed by atoms with Crippen molar-refractivity contribution in [3.05, 3.63) is 18.1 Å². The average molecular weight is 276 g/mol. The lowest BCUT2D eigenvalue weighted by Gasteiger charge is -2.17. The molecule has 1 aliphatic rings. The fourth-order valence-electron chi connectivity index (χ4n) is 1.84. The molecule has 9 heteroatoms. The molecule has 0 aliphatic carbocycles. The number of hydrogen-bond acceptors (Lipinski definition) is 5. The minimum Gasteiger partial charge on any atom is -0.444 e. The van der Waals surface area contributed by atoms with Crippen LogP contribution in [0.25, 0.3) is 0 Å². The molecule has 0 bridgehead atoms. The van der Waals surface area contributed by atoms with E-state index < -0.39 is 24.1 Å². The third kappa shape index (κ3) is 3.24. The molecular formula is C10H11F3N4O2. The van der Waals surface area contributed by atoms with E-state index in [9.17, 15) is 18.0 Å². The zero-order chi connectivity index (χ0) is 14.0. The fraction of sp³-hybridized carbons (Fsp3) is 0.500. The van der Waals surface area contributed by atoms with Crippen LogP contribution in [0.5, 0.6) is 0 Å². The van der Waals surface area contributed by atoms with Crippen molar-refractivity contribution < 1.29 is 22.7 Å². The Morgan fingerprint density at radius 1 is 1.47 bits per heavy atom. The monoisotopic (exact) mass is 276 g/mol. The lowest BCUT2D eigenvalue weighted by atomic mass is 10.3. The first-order valence-corrected chi connectivity index (χ1v) is 5.46. The van der Waals surface area contributed by atoms with Gasteiger partial charge in [0.2, 0.25) is 0 Å². The van der Waals surface area contributed by atoms with Crippen molar-refractivity contribution in [2.75, 3.05) is 18.0 Å². The Bertz CT molecular complexity index is 480. The van der Waals surface area contributed by atoms with Gasteiger partial charge in [0.15, 0.2) is 5.69 Å². The van der Waals surface area contributed by atoms with Gasteiger partial charge >= 0.3 is 12.3 Å². The highest BCUT2D eigenvalue weighted by atomic mass is 19.4.